The SMILES string of the molecule is CC(=O)c1cc(CCCOCCO)c(O)c(OCCO)c1. The molecule has 1 aromatic rings. The smallest absolute Gasteiger partial charge is 0.162 e. The highest BCUT2D eigenvalue weighted by atomic mass is 16.5. The Kier molecular flexibility index (Phi) is 7.74. The summed E-state index contributed by atoms with van der Waals surface area (Å²) in [5, 5.41) is 27.5. The number of Topliss-reactive ketones (excluding diaryl/α,β-unsaturated/α-hetero) is 1. The van der Waals surface area contributed by atoms with Crippen LogP contribution in [0.15, 0.2) is 12.1 Å². The van der Waals surface area contributed by atoms with Gasteiger partial charge in [-0.2, -0.15) is 0 Å². The van der Waals surface area contributed by atoms with Crippen molar-refractivity contribution in [2.24, 2.45) is 0 Å². The van der Waals surface area contributed by atoms with Crippen molar-refractivity contribution in [3.8, 4) is 11.5 Å². The Balaban J connectivity index is 2.79. The molecule has 0 aliphatic rings. The number of aliphatic hydroxyl groups excluding tert-OH is 2. The summed E-state index contributed by atoms with van der Waals surface area (Å²) in [6.07, 6.45) is 1.17. The van der Waals surface area contributed by atoms with Crippen molar-refractivity contribution in [1.82, 2.24) is 0 Å². The van der Waals surface area contributed by atoms with E-state index in [4.69, 9.17) is 19.7 Å². The summed E-state index contributed by atoms with van der Waals surface area (Å²) >= 11 is 0. The fourth-order valence-corrected chi connectivity index (χ4v) is 1.86. The number of benzene rings is 1. The van der Waals surface area contributed by atoms with Crippen LogP contribution in [0.5, 0.6) is 11.5 Å². The number of carbonyl (C=O) groups is 1. The molecule has 118 valence electrons. The lowest BCUT2D eigenvalue weighted by atomic mass is 10.0. The summed E-state index contributed by atoms with van der Waals surface area (Å²) in [6, 6.07) is 3.11. The van der Waals surface area contributed by atoms with E-state index in [0.717, 1.165) is 0 Å². The predicted molar refractivity (Wildman–Crippen MR) is 76.9 cm³/mol. The Morgan fingerprint density at radius 2 is 1.86 bits per heavy atom. The molecule has 0 atom stereocenters. The summed E-state index contributed by atoms with van der Waals surface area (Å²) in [7, 11) is 0. The lowest BCUT2D eigenvalue weighted by molar-refractivity contribution is 0.0908. The first kappa shape index (κ1) is 17.4. The molecule has 3 N–H and O–H groups in total. The molecular weight excluding hydrogens is 276 g/mol. The Morgan fingerprint density at radius 3 is 2.48 bits per heavy atom. The number of carbonyl (C=O) groups excluding carboxylic acids is 1. The zero-order valence-corrected chi connectivity index (χ0v) is 12.2. The highest BCUT2D eigenvalue weighted by Crippen LogP contribution is 2.32. The van der Waals surface area contributed by atoms with Crippen molar-refractivity contribution in [2.75, 3.05) is 33.0 Å². The molecule has 0 saturated carbocycles. The molecule has 0 radical (unpaired) electrons. The molecule has 0 saturated heterocycles. The summed E-state index contributed by atoms with van der Waals surface area (Å²) in [5.41, 5.74) is 1.05. The van der Waals surface area contributed by atoms with Crippen LogP contribution in [-0.4, -0.2) is 54.1 Å². The molecule has 0 unspecified atom stereocenters. The third-order valence-corrected chi connectivity index (χ3v) is 2.88. The van der Waals surface area contributed by atoms with Crippen LogP contribution < -0.4 is 4.74 Å². The fourth-order valence-electron chi connectivity index (χ4n) is 1.86. The maximum Gasteiger partial charge on any atom is 0.162 e. The number of aryl methyl sites for hydroxylation is 1. The fraction of sp³-hybridized carbons (Fsp3) is 0.533. The average molecular weight is 298 g/mol. The first-order valence-corrected chi connectivity index (χ1v) is 6.89. The molecule has 1 rings (SSSR count). The second-order valence-corrected chi connectivity index (χ2v) is 4.55. The first-order valence-electron chi connectivity index (χ1n) is 6.89. The quantitative estimate of drug-likeness (QED) is 0.439. The molecular formula is C15H22O6. The van der Waals surface area contributed by atoms with Crippen LogP contribution in [0.25, 0.3) is 0 Å². The van der Waals surface area contributed by atoms with E-state index in [2.05, 4.69) is 0 Å². The lowest BCUT2D eigenvalue weighted by Gasteiger charge is -2.13. The highest BCUT2D eigenvalue weighted by molar-refractivity contribution is 5.95. The minimum atomic E-state index is -0.173. The molecule has 0 fully saturated rings. The highest BCUT2D eigenvalue weighted by Gasteiger charge is 2.13. The number of rotatable bonds is 10. The van der Waals surface area contributed by atoms with E-state index in [9.17, 15) is 9.90 Å². The lowest BCUT2D eigenvalue weighted by Crippen LogP contribution is -2.05. The second-order valence-electron chi connectivity index (χ2n) is 4.55. The van der Waals surface area contributed by atoms with Crippen LogP contribution in [0.1, 0.15) is 29.3 Å². The van der Waals surface area contributed by atoms with Crippen LogP contribution in [0.3, 0.4) is 0 Å². The van der Waals surface area contributed by atoms with Gasteiger partial charge in [-0.1, -0.05) is 0 Å². The Bertz CT molecular complexity index is 458. The van der Waals surface area contributed by atoms with Crippen molar-refractivity contribution >= 4 is 5.78 Å². The summed E-state index contributed by atoms with van der Waals surface area (Å²) in [5.74, 6) is 0.0558. The van der Waals surface area contributed by atoms with Crippen LogP contribution >= 0.6 is 0 Å². The number of ether oxygens (including phenoxy) is 2. The van der Waals surface area contributed by atoms with Gasteiger partial charge in [-0.25, -0.2) is 0 Å². The van der Waals surface area contributed by atoms with Gasteiger partial charge in [0.25, 0.3) is 0 Å². The molecule has 0 aromatic heterocycles. The molecule has 21 heavy (non-hydrogen) atoms. The standard InChI is InChI=1S/C15H22O6/c1-11(18)13-9-12(3-2-6-20-7-4-16)15(19)14(10-13)21-8-5-17/h9-10,16-17,19H,2-8H2,1H3. The Labute approximate surface area is 123 Å². The Hall–Kier alpha value is -1.63. The number of hydrogen-bond acceptors (Lipinski definition) is 6. The van der Waals surface area contributed by atoms with Gasteiger partial charge in [0, 0.05) is 12.2 Å². The van der Waals surface area contributed by atoms with Crippen molar-refractivity contribution in [1.29, 1.82) is 0 Å². The third kappa shape index (κ3) is 5.71. The molecule has 0 spiro atoms. The average Bonchev–Trinajstić information content (AvgIpc) is 2.47. The summed E-state index contributed by atoms with van der Waals surface area (Å²) in [4.78, 5) is 11.5. The Morgan fingerprint density at radius 1 is 1.14 bits per heavy atom. The van der Waals surface area contributed by atoms with Crippen molar-refractivity contribution in [3.05, 3.63) is 23.3 Å². The van der Waals surface area contributed by atoms with Gasteiger partial charge >= 0.3 is 0 Å². The largest absolute Gasteiger partial charge is 0.504 e. The predicted octanol–water partition coefficient (Wildman–Crippen LogP) is 0.907. The number of phenols is 1. The van der Waals surface area contributed by atoms with Crippen LogP contribution in [0, 0.1) is 0 Å². The van der Waals surface area contributed by atoms with E-state index in [1.807, 2.05) is 0 Å². The maximum atomic E-state index is 11.5. The molecule has 0 aliphatic heterocycles. The van der Waals surface area contributed by atoms with Gasteiger partial charge in [0.1, 0.15) is 6.61 Å². The summed E-state index contributed by atoms with van der Waals surface area (Å²) in [6.45, 7) is 2.03. The van der Waals surface area contributed by atoms with E-state index in [-0.39, 0.29) is 43.7 Å². The van der Waals surface area contributed by atoms with Crippen molar-refractivity contribution < 1.29 is 29.6 Å². The first-order chi connectivity index (χ1) is 10.1. The van der Waals surface area contributed by atoms with E-state index in [0.29, 0.717) is 30.6 Å². The number of hydrogen-bond donors (Lipinski definition) is 3. The van der Waals surface area contributed by atoms with Crippen LogP contribution in [0.2, 0.25) is 0 Å². The molecule has 6 heteroatoms. The van der Waals surface area contributed by atoms with Gasteiger partial charge in [0.2, 0.25) is 0 Å². The topological polar surface area (TPSA) is 96.2 Å². The number of phenolic OH excluding ortho intramolecular Hbond substituents is 1. The number of aliphatic hydroxyl groups is 2. The number of aromatic hydroxyl groups is 1. The zero-order chi connectivity index (χ0) is 15.7. The minimum absolute atomic E-state index is 0.0180. The minimum Gasteiger partial charge on any atom is -0.504 e. The van der Waals surface area contributed by atoms with Gasteiger partial charge in [-0.15, -0.1) is 0 Å². The molecule has 0 bridgehead atoms. The van der Waals surface area contributed by atoms with E-state index in [1.165, 1.54) is 13.0 Å². The van der Waals surface area contributed by atoms with Crippen LogP contribution in [-0.2, 0) is 11.2 Å². The van der Waals surface area contributed by atoms with Gasteiger partial charge in [0.05, 0.1) is 19.8 Å². The molecule has 1 aromatic carbocycles. The van der Waals surface area contributed by atoms with Crippen molar-refractivity contribution in [3.63, 3.8) is 0 Å². The normalized spacial score (nSPS) is 10.6. The second kappa shape index (κ2) is 9.33. The zero-order valence-electron chi connectivity index (χ0n) is 12.2. The molecule has 0 amide bonds. The monoisotopic (exact) mass is 298 g/mol. The molecule has 0 aliphatic carbocycles. The molecule has 6 nitrogen and oxygen atoms in total. The molecule has 0 heterocycles. The van der Waals surface area contributed by atoms with Crippen molar-refractivity contribution in [2.45, 2.75) is 19.8 Å². The van der Waals surface area contributed by atoms with Gasteiger partial charge in [0.15, 0.2) is 17.3 Å². The van der Waals surface area contributed by atoms with E-state index in [1.54, 1.807) is 6.07 Å². The van der Waals surface area contributed by atoms with E-state index >= 15 is 0 Å². The van der Waals surface area contributed by atoms with Gasteiger partial charge < -0.3 is 24.8 Å². The maximum absolute atomic E-state index is 11.5. The van der Waals surface area contributed by atoms with E-state index < -0.39 is 0 Å². The van der Waals surface area contributed by atoms with Gasteiger partial charge in [-0.3, -0.25) is 4.79 Å². The van der Waals surface area contributed by atoms with Crippen LogP contribution in [0.4, 0.5) is 0 Å². The number of ketones is 1. The third-order valence-electron chi connectivity index (χ3n) is 2.88. The summed E-state index contributed by atoms with van der Waals surface area (Å²) < 4.78 is 10.4. The van der Waals surface area contributed by atoms with Gasteiger partial charge in [-0.05, 0) is 37.5 Å².